The number of halogens is 4. The van der Waals surface area contributed by atoms with Crippen molar-refractivity contribution in [3.05, 3.63) is 100 Å². The van der Waals surface area contributed by atoms with Gasteiger partial charge in [0.15, 0.2) is 0 Å². The fourth-order valence-electron chi connectivity index (χ4n) is 7.13. The van der Waals surface area contributed by atoms with Crippen molar-refractivity contribution in [3.63, 3.8) is 0 Å². The Morgan fingerprint density at radius 3 is 2.31 bits per heavy atom. The molecule has 2 unspecified atom stereocenters. The highest BCUT2D eigenvalue weighted by atomic mass is 19.3. The first-order valence-electron chi connectivity index (χ1n) is 17.5. The summed E-state index contributed by atoms with van der Waals surface area (Å²) in [5.41, 5.74) is 14.1. The SMILES string of the molecule is CC1(CN2C3CCC2CN(c2ccc(C#Cc4ccc(C[C@H](N)[C@@H](O)CNCc5c(F)cc(C(C=NC(F)F)=CN)cc5F)cc4)cn2)C3)COC1. The topological polar surface area (TPSA) is 125 Å². The van der Waals surface area contributed by atoms with Crippen LogP contribution in [0, 0.1) is 28.9 Å². The van der Waals surface area contributed by atoms with E-state index in [0.29, 0.717) is 18.5 Å². The van der Waals surface area contributed by atoms with Gasteiger partial charge in [0.1, 0.15) is 17.5 Å². The van der Waals surface area contributed by atoms with Crippen LogP contribution in [-0.4, -0.2) is 91.4 Å². The molecule has 2 aromatic carbocycles. The first-order chi connectivity index (χ1) is 25.0. The summed E-state index contributed by atoms with van der Waals surface area (Å²) >= 11 is 0. The average Bonchev–Trinajstić information content (AvgIpc) is 3.32. The Balaban J connectivity index is 0.955. The quantitative estimate of drug-likeness (QED) is 0.0903. The summed E-state index contributed by atoms with van der Waals surface area (Å²) in [5.74, 6) is 5.57. The van der Waals surface area contributed by atoms with Crippen molar-refractivity contribution < 1.29 is 27.4 Å². The molecule has 3 saturated heterocycles. The Bertz CT molecular complexity index is 1770. The monoisotopic (exact) mass is 719 g/mol. The van der Waals surface area contributed by atoms with E-state index in [2.05, 4.69) is 44.9 Å². The van der Waals surface area contributed by atoms with Crippen LogP contribution in [0.4, 0.5) is 23.4 Å². The third-order valence-electron chi connectivity index (χ3n) is 10.1. The number of pyridine rings is 1. The standard InChI is InChI=1S/C39H45F4N7O2/c1-39(23-52-24-39)22-50-30-9-10-31(50)21-49(20-30)37-11-8-27(16-47-37)7-4-25-2-5-26(6-3-25)12-35(45)36(51)19-46-18-32-33(40)13-28(14-34(32)41)29(15-44)17-48-38(42)43/h2-3,5-6,8,11,13-17,30-31,35-36,38,46,51H,9-10,12,18-24,44-45H2,1H3/t30?,31?,35-,36-/m0/s1. The third-order valence-corrected chi connectivity index (χ3v) is 10.1. The van der Waals surface area contributed by atoms with Crippen LogP contribution in [0.5, 0.6) is 0 Å². The Morgan fingerprint density at radius 1 is 1.08 bits per heavy atom. The number of fused-ring (bicyclic) bond motifs is 2. The minimum absolute atomic E-state index is 0.0140. The van der Waals surface area contributed by atoms with Crippen molar-refractivity contribution in [2.24, 2.45) is 21.9 Å². The molecule has 13 heteroatoms. The molecule has 3 aromatic rings. The summed E-state index contributed by atoms with van der Waals surface area (Å²) in [6, 6.07) is 14.1. The molecule has 2 bridgehead atoms. The minimum atomic E-state index is -2.98. The van der Waals surface area contributed by atoms with E-state index in [0.717, 1.165) is 79.9 Å². The van der Waals surface area contributed by atoms with Gasteiger partial charge in [-0.1, -0.05) is 30.9 Å². The molecular weight excluding hydrogens is 674 g/mol. The lowest BCUT2D eigenvalue weighted by atomic mass is 9.87. The van der Waals surface area contributed by atoms with Gasteiger partial charge in [-0.25, -0.2) is 18.8 Å². The molecule has 0 amide bonds. The van der Waals surface area contributed by atoms with Gasteiger partial charge in [0.2, 0.25) is 0 Å². The Kier molecular flexibility index (Phi) is 11.9. The van der Waals surface area contributed by atoms with Crippen LogP contribution in [0.3, 0.4) is 0 Å². The van der Waals surface area contributed by atoms with Gasteiger partial charge in [0, 0.05) is 97.1 Å². The number of nitrogens with two attached hydrogens (primary N) is 2. The molecule has 6 N–H and O–H groups in total. The number of aliphatic hydroxyl groups excluding tert-OH is 1. The molecule has 3 fully saturated rings. The Hall–Kier alpha value is -4.32. The third kappa shape index (κ3) is 9.18. The highest BCUT2D eigenvalue weighted by Gasteiger charge is 2.45. The molecular formula is C39H45F4N7O2. The number of benzene rings is 2. The van der Waals surface area contributed by atoms with Crippen molar-refractivity contribution in [2.45, 2.75) is 63.5 Å². The van der Waals surface area contributed by atoms with Crippen molar-refractivity contribution in [1.82, 2.24) is 15.2 Å². The zero-order valence-corrected chi connectivity index (χ0v) is 29.1. The number of alkyl halides is 2. The van der Waals surface area contributed by atoms with Crippen molar-refractivity contribution in [3.8, 4) is 11.8 Å². The normalized spacial score (nSPS) is 21.2. The summed E-state index contributed by atoms with van der Waals surface area (Å²) in [4.78, 5) is 12.8. The number of allylic oxidation sites excluding steroid dienone is 1. The molecule has 0 aliphatic carbocycles. The second-order valence-corrected chi connectivity index (χ2v) is 14.3. The lowest BCUT2D eigenvalue weighted by Crippen LogP contribution is -2.59. The van der Waals surface area contributed by atoms with E-state index in [1.165, 1.54) is 12.8 Å². The van der Waals surface area contributed by atoms with E-state index in [1.54, 1.807) is 0 Å². The number of aromatic nitrogens is 1. The van der Waals surface area contributed by atoms with Gasteiger partial charge >= 0.3 is 6.55 Å². The predicted molar refractivity (Wildman–Crippen MR) is 194 cm³/mol. The summed E-state index contributed by atoms with van der Waals surface area (Å²) in [6.07, 6.45) is 5.36. The van der Waals surface area contributed by atoms with Crippen LogP contribution >= 0.6 is 0 Å². The van der Waals surface area contributed by atoms with E-state index in [-0.39, 0.29) is 35.2 Å². The second-order valence-electron chi connectivity index (χ2n) is 14.3. The van der Waals surface area contributed by atoms with E-state index in [4.69, 9.17) is 21.2 Å². The van der Waals surface area contributed by atoms with E-state index < -0.39 is 30.3 Å². The Morgan fingerprint density at radius 2 is 1.73 bits per heavy atom. The van der Waals surface area contributed by atoms with Crippen LogP contribution in [0.2, 0.25) is 0 Å². The fraction of sp³-hybridized carbons (Fsp3) is 0.436. The summed E-state index contributed by atoms with van der Waals surface area (Å²) in [7, 11) is 0. The molecule has 4 atom stereocenters. The maximum absolute atomic E-state index is 14.7. The first-order valence-corrected chi connectivity index (χ1v) is 17.5. The zero-order valence-electron chi connectivity index (χ0n) is 29.1. The largest absolute Gasteiger partial charge is 0.404 e. The van der Waals surface area contributed by atoms with Crippen LogP contribution < -0.4 is 21.7 Å². The van der Waals surface area contributed by atoms with Gasteiger partial charge in [0.05, 0.1) is 19.3 Å². The number of anilines is 1. The highest BCUT2D eigenvalue weighted by Crippen LogP contribution is 2.37. The summed E-state index contributed by atoms with van der Waals surface area (Å²) in [6.45, 7) is 3.92. The van der Waals surface area contributed by atoms with Crippen molar-refractivity contribution in [1.29, 1.82) is 0 Å². The molecule has 52 heavy (non-hydrogen) atoms. The average molecular weight is 720 g/mol. The second kappa shape index (κ2) is 16.6. The van der Waals surface area contributed by atoms with Crippen LogP contribution in [0.25, 0.3) is 5.57 Å². The number of hydrogen-bond donors (Lipinski definition) is 4. The highest BCUT2D eigenvalue weighted by molar-refractivity contribution is 6.09. The number of nitrogens with zero attached hydrogens (tertiary/aromatic N) is 4. The molecule has 276 valence electrons. The van der Waals surface area contributed by atoms with Crippen LogP contribution in [0.1, 0.15) is 47.6 Å². The van der Waals surface area contributed by atoms with Gasteiger partial charge in [-0.05, 0) is 66.8 Å². The van der Waals surface area contributed by atoms with E-state index in [9.17, 15) is 22.7 Å². The van der Waals surface area contributed by atoms with Gasteiger partial charge in [-0.2, -0.15) is 8.78 Å². The molecule has 0 spiro atoms. The predicted octanol–water partition coefficient (Wildman–Crippen LogP) is 4.06. The maximum Gasteiger partial charge on any atom is 0.331 e. The molecule has 0 saturated carbocycles. The summed E-state index contributed by atoms with van der Waals surface area (Å²) < 4.78 is 59.6. The zero-order chi connectivity index (χ0) is 36.8. The number of ether oxygens (including phenoxy) is 1. The van der Waals surface area contributed by atoms with Gasteiger partial charge in [0.25, 0.3) is 0 Å². The van der Waals surface area contributed by atoms with Crippen molar-refractivity contribution in [2.75, 3.05) is 44.3 Å². The molecule has 4 heterocycles. The lowest BCUT2D eigenvalue weighted by Gasteiger charge is -2.48. The molecule has 6 rings (SSSR count). The number of nitrogens with one attached hydrogen (secondary N) is 1. The summed E-state index contributed by atoms with van der Waals surface area (Å²) in [5, 5.41) is 13.4. The molecule has 3 aliphatic heterocycles. The van der Waals surface area contributed by atoms with Gasteiger partial charge in [-0.15, -0.1) is 0 Å². The van der Waals surface area contributed by atoms with Crippen molar-refractivity contribution >= 4 is 17.6 Å². The number of piperazine rings is 1. The molecule has 1 aromatic heterocycles. The lowest BCUT2D eigenvalue weighted by molar-refractivity contribution is -0.120. The molecule has 0 radical (unpaired) electrons. The Labute approximate surface area is 301 Å². The molecule has 3 aliphatic rings. The fourth-order valence-corrected chi connectivity index (χ4v) is 7.13. The molecule has 9 nitrogen and oxygen atoms in total. The van der Waals surface area contributed by atoms with Crippen LogP contribution in [0.15, 0.2) is 65.9 Å². The number of rotatable bonds is 13. The van der Waals surface area contributed by atoms with Crippen LogP contribution in [-0.2, 0) is 17.7 Å². The first kappa shape index (κ1) is 37.4. The number of aliphatic hydroxyl groups is 1. The number of hydrogen-bond acceptors (Lipinski definition) is 9. The number of aliphatic imine (C=N–C) groups is 1. The van der Waals surface area contributed by atoms with E-state index >= 15 is 0 Å². The van der Waals surface area contributed by atoms with Gasteiger partial charge < -0.3 is 31.5 Å². The maximum atomic E-state index is 14.7. The smallest absolute Gasteiger partial charge is 0.331 e. The van der Waals surface area contributed by atoms with Gasteiger partial charge in [-0.3, -0.25) is 4.90 Å². The minimum Gasteiger partial charge on any atom is -0.404 e. The van der Waals surface area contributed by atoms with E-state index in [1.807, 2.05) is 36.5 Å².